The van der Waals surface area contributed by atoms with Gasteiger partial charge in [-0.25, -0.2) is 8.78 Å². The van der Waals surface area contributed by atoms with Crippen molar-refractivity contribution in [1.29, 1.82) is 0 Å². The maximum absolute atomic E-state index is 14.7. The highest BCUT2D eigenvalue weighted by molar-refractivity contribution is 8.20. The van der Waals surface area contributed by atoms with Crippen LogP contribution >= 0.6 is 23.5 Å². The number of thioether (sulfide) groups is 2. The van der Waals surface area contributed by atoms with E-state index < -0.39 is 11.6 Å². The van der Waals surface area contributed by atoms with Crippen LogP contribution in [-0.2, 0) is 15.2 Å². The van der Waals surface area contributed by atoms with Crippen molar-refractivity contribution in [3.63, 3.8) is 0 Å². The second-order valence-corrected chi connectivity index (χ2v) is 10.8. The van der Waals surface area contributed by atoms with Crippen LogP contribution in [0.4, 0.5) is 8.78 Å². The van der Waals surface area contributed by atoms with Gasteiger partial charge in [0.05, 0.1) is 16.8 Å². The molecule has 4 rings (SSSR count). The number of unbranched alkanes of at least 4 members (excludes halogenated alkanes) is 2. The van der Waals surface area contributed by atoms with E-state index in [0.717, 1.165) is 42.9 Å². The van der Waals surface area contributed by atoms with Crippen molar-refractivity contribution < 1.29 is 13.5 Å². The van der Waals surface area contributed by atoms with Gasteiger partial charge in [-0.05, 0) is 49.1 Å². The molecule has 0 radical (unpaired) electrons. The van der Waals surface area contributed by atoms with Crippen LogP contribution in [0.15, 0.2) is 12.1 Å². The number of hydrogen-bond donors (Lipinski definition) is 0. The zero-order chi connectivity index (χ0) is 18.1. The second kappa shape index (κ2) is 8.00. The van der Waals surface area contributed by atoms with Crippen molar-refractivity contribution in [2.45, 2.75) is 62.1 Å². The third-order valence-electron chi connectivity index (χ3n) is 6.28. The van der Waals surface area contributed by atoms with Crippen LogP contribution in [-0.4, -0.2) is 24.2 Å². The molecule has 2 aliphatic heterocycles. The van der Waals surface area contributed by atoms with E-state index in [1.165, 1.54) is 31.7 Å². The fourth-order valence-corrected chi connectivity index (χ4v) is 8.77. The van der Waals surface area contributed by atoms with Crippen molar-refractivity contribution in [3.8, 4) is 0 Å². The third-order valence-corrected chi connectivity index (χ3v) is 9.93. The van der Waals surface area contributed by atoms with Crippen LogP contribution in [0.25, 0.3) is 0 Å². The van der Waals surface area contributed by atoms with E-state index in [1.807, 2.05) is 29.6 Å². The fraction of sp³-hybridized carbons (Fsp3) is 0.714. The molecule has 0 amide bonds. The molecule has 3 aliphatic rings. The highest BCUT2D eigenvalue weighted by Gasteiger charge is 2.55. The van der Waals surface area contributed by atoms with Crippen LogP contribution in [0.2, 0.25) is 0 Å². The van der Waals surface area contributed by atoms with Gasteiger partial charge in [0.15, 0.2) is 11.6 Å². The SMILES string of the molecule is CCCCCC1CCC(C2Cc3ccc(F)c(F)c3C23SCCS3)CO1. The van der Waals surface area contributed by atoms with E-state index in [2.05, 4.69) is 6.92 Å². The van der Waals surface area contributed by atoms with Gasteiger partial charge in [-0.2, -0.15) is 0 Å². The molecule has 0 saturated carbocycles. The van der Waals surface area contributed by atoms with E-state index in [4.69, 9.17) is 4.74 Å². The lowest BCUT2D eigenvalue weighted by Gasteiger charge is -2.39. The minimum absolute atomic E-state index is 0.301. The van der Waals surface area contributed by atoms with Crippen LogP contribution in [0.5, 0.6) is 0 Å². The predicted molar refractivity (Wildman–Crippen MR) is 107 cm³/mol. The number of benzene rings is 1. The van der Waals surface area contributed by atoms with Crippen LogP contribution in [0, 0.1) is 23.5 Å². The van der Waals surface area contributed by atoms with Crippen LogP contribution < -0.4 is 0 Å². The summed E-state index contributed by atoms with van der Waals surface area (Å²) in [6.45, 7) is 3.01. The predicted octanol–water partition coefficient (Wildman–Crippen LogP) is 6.15. The van der Waals surface area contributed by atoms with E-state index in [1.54, 1.807) is 0 Å². The standard InChI is InChI=1S/C21H28F2OS2/c1-2-3-4-5-16-8-6-15(13-24-16)17-12-14-7-9-18(22)20(23)19(14)21(17)25-10-11-26-21/h7,9,15-17H,2-6,8,10-13H2,1H3. The molecule has 1 nitrogen and oxygen atoms in total. The molecule has 3 unspecified atom stereocenters. The molecule has 1 aromatic carbocycles. The van der Waals surface area contributed by atoms with Crippen molar-refractivity contribution in [3.05, 3.63) is 34.9 Å². The quantitative estimate of drug-likeness (QED) is 0.551. The molecule has 1 spiro atoms. The Balaban J connectivity index is 1.50. The molecule has 2 fully saturated rings. The number of halogens is 2. The summed E-state index contributed by atoms with van der Waals surface area (Å²) in [6.07, 6.45) is 8.47. The smallest absolute Gasteiger partial charge is 0.164 e. The normalized spacial score (nSPS) is 30.0. The lowest BCUT2D eigenvalue weighted by Crippen LogP contribution is -2.37. The molecule has 1 aliphatic carbocycles. The van der Waals surface area contributed by atoms with Crippen molar-refractivity contribution in [1.82, 2.24) is 0 Å². The lowest BCUT2D eigenvalue weighted by atomic mass is 9.83. The summed E-state index contributed by atoms with van der Waals surface area (Å²) in [4.78, 5) is 0. The monoisotopic (exact) mass is 398 g/mol. The van der Waals surface area contributed by atoms with Crippen LogP contribution in [0.1, 0.15) is 56.6 Å². The largest absolute Gasteiger partial charge is 0.378 e. The Morgan fingerprint density at radius 2 is 1.96 bits per heavy atom. The summed E-state index contributed by atoms with van der Waals surface area (Å²) in [5.74, 6) is 1.52. The van der Waals surface area contributed by atoms with Crippen LogP contribution in [0.3, 0.4) is 0 Å². The summed E-state index contributed by atoms with van der Waals surface area (Å²) in [6, 6.07) is 3.11. The summed E-state index contributed by atoms with van der Waals surface area (Å²) >= 11 is 3.68. The van der Waals surface area contributed by atoms with Crippen molar-refractivity contribution in [2.24, 2.45) is 11.8 Å². The summed E-state index contributed by atoms with van der Waals surface area (Å²) in [5.41, 5.74) is 1.67. The highest BCUT2D eigenvalue weighted by Crippen LogP contribution is 2.64. The van der Waals surface area contributed by atoms with Gasteiger partial charge in [-0.15, -0.1) is 23.5 Å². The van der Waals surface area contributed by atoms with E-state index in [0.29, 0.717) is 23.5 Å². The highest BCUT2D eigenvalue weighted by atomic mass is 32.2. The summed E-state index contributed by atoms with van der Waals surface area (Å²) in [7, 11) is 0. The average molecular weight is 399 g/mol. The maximum atomic E-state index is 14.7. The molecule has 2 saturated heterocycles. The van der Waals surface area contributed by atoms with Gasteiger partial charge in [-0.1, -0.05) is 32.3 Å². The number of ether oxygens (including phenoxy) is 1. The zero-order valence-corrected chi connectivity index (χ0v) is 17.1. The molecule has 26 heavy (non-hydrogen) atoms. The Hall–Kier alpha value is -0.260. The minimum Gasteiger partial charge on any atom is -0.378 e. The van der Waals surface area contributed by atoms with Gasteiger partial charge < -0.3 is 4.74 Å². The van der Waals surface area contributed by atoms with Gasteiger partial charge in [0.2, 0.25) is 0 Å². The first kappa shape index (κ1) is 19.1. The molecule has 0 aromatic heterocycles. The van der Waals surface area contributed by atoms with Gasteiger partial charge >= 0.3 is 0 Å². The Morgan fingerprint density at radius 3 is 2.65 bits per heavy atom. The second-order valence-electron chi connectivity index (χ2n) is 7.86. The molecule has 5 heteroatoms. The van der Waals surface area contributed by atoms with Crippen molar-refractivity contribution in [2.75, 3.05) is 18.1 Å². The number of hydrogen-bond acceptors (Lipinski definition) is 3. The maximum Gasteiger partial charge on any atom is 0.164 e. The van der Waals surface area contributed by atoms with Gasteiger partial charge in [-0.3, -0.25) is 0 Å². The number of fused-ring (bicyclic) bond motifs is 2. The Morgan fingerprint density at radius 1 is 1.15 bits per heavy atom. The molecular formula is C21H28F2OS2. The molecule has 0 bridgehead atoms. The molecular weight excluding hydrogens is 370 g/mol. The topological polar surface area (TPSA) is 9.23 Å². The Bertz CT molecular complexity index is 637. The van der Waals surface area contributed by atoms with E-state index in [-0.39, 0.29) is 4.08 Å². The molecule has 1 aromatic rings. The van der Waals surface area contributed by atoms with Gasteiger partial charge in [0, 0.05) is 17.1 Å². The molecule has 2 heterocycles. The lowest BCUT2D eigenvalue weighted by molar-refractivity contribution is -0.0367. The first-order chi connectivity index (χ1) is 12.7. The Labute approximate surface area is 164 Å². The number of rotatable bonds is 5. The van der Waals surface area contributed by atoms with Crippen molar-refractivity contribution >= 4 is 23.5 Å². The first-order valence-corrected chi connectivity index (χ1v) is 12.0. The first-order valence-electron chi connectivity index (χ1n) is 10.0. The third kappa shape index (κ3) is 3.33. The van der Waals surface area contributed by atoms with E-state index >= 15 is 0 Å². The minimum atomic E-state index is -0.701. The van der Waals surface area contributed by atoms with Gasteiger partial charge in [0.25, 0.3) is 0 Å². The Kier molecular flexibility index (Phi) is 5.87. The zero-order valence-electron chi connectivity index (χ0n) is 15.4. The average Bonchev–Trinajstić information content (AvgIpc) is 3.26. The molecule has 0 N–H and O–H groups in total. The molecule has 3 atom stereocenters. The molecule has 144 valence electrons. The summed E-state index contributed by atoms with van der Waals surface area (Å²) < 4.78 is 34.6. The fourth-order valence-electron chi connectivity index (χ4n) is 4.95. The van der Waals surface area contributed by atoms with E-state index in [9.17, 15) is 8.78 Å². The summed E-state index contributed by atoms with van der Waals surface area (Å²) in [5, 5.41) is 0. The van der Waals surface area contributed by atoms with Gasteiger partial charge in [0.1, 0.15) is 0 Å².